The Kier molecular flexibility index (Phi) is 5.94. The molecule has 4 heterocycles. The van der Waals surface area contributed by atoms with E-state index in [-0.39, 0.29) is 0 Å². The van der Waals surface area contributed by atoms with Crippen LogP contribution in [0.15, 0.2) is 34.9 Å². The van der Waals surface area contributed by atoms with Gasteiger partial charge in [0.25, 0.3) is 0 Å². The van der Waals surface area contributed by atoms with E-state index in [9.17, 15) is 0 Å². The van der Waals surface area contributed by atoms with Crippen molar-refractivity contribution in [3.63, 3.8) is 0 Å². The van der Waals surface area contributed by atoms with Gasteiger partial charge in [0.1, 0.15) is 12.4 Å². The van der Waals surface area contributed by atoms with Gasteiger partial charge < -0.3 is 14.8 Å². The molecule has 0 spiro atoms. The monoisotopic (exact) mass is 412 g/mol. The van der Waals surface area contributed by atoms with Crippen molar-refractivity contribution in [3.05, 3.63) is 52.0 Å². The third kappa shape index (κ3) is 4.67. The Bertz CT molecular complexity index is 955. The van der Waals surface area contributed by atoms with Crippen molar-refractivity contribution in [2.24, 2.45) is 19.1 Å². The fourth-order valence-electron chi connectivity index (χ4n) is 3.63. The van der Waals surface area contributed by atoms with E-state index in [0.29, 0.717) is 12.5 Å². The minimum absolute atomic E-state index is 0.491. The van der Waals surface area contributed by atoms with Crippen molar-refractivity contribution in [1.29, 1.82) is 0 Å². The van der Waals surface area contributed by atoms with Gasteiger partial charge in [-0.05, 0) is 36.8 Å². The standard InChI is InChI=1S/C20H28N8S/c1-15-24-25-19(27(15)3)12-22-20(21-8-6-18-5-4-10-29-18)28-9-7-16(14-28)17-11-23-26(2)13-17/h4-5,10-11,13,16H,6-9,12,14H2,1-3H3,(H,21,22). The number of aliphatic imine (C=N–C) groups is 1. The van der Waals surface area contributed by atoms with Gasteiger partial charge in [-0.1, -0.05) is 6.07 Å². The highest BCUT2D eigenvalue weighted by molar-refractivity contribution is 7.09. The number of likely N-dealkylation sites (tertiary alicyclic amines) is 1. The molecule has 29 heavy (non-hydrogen) atoms. The Morgan fingerprint density at radius 1 is 1.34 bits per heavy atom. The molecule has 0 saturated carbocycles. The fraction of sp³-hybridized carbons (Fsp3) is 0.500. The van der Waals surface area contributed by atoms with Gasteiger partial charge in [-0.2, -0.15) is 5.10 Å². The Balaban J connectivity index is 1.44. The lowest BCUT2D eigenvalue weighted by atomic mass is 10.0. The first-order valence-electron chi connectivity index (χ1n) is 9.99. The van der Waals surface area contributed by atoms with Crippen LogP contribution in [0.4, 0.5) is 0 Å². The van der Waals surface area contributed by atoms with Gasteiger partial charge in [-0.3, -0.25) is 4.68 Å². The molecule has 1 aliphatic rings. The largest absolute Gasteiger partial charge is 0.356 e. The van der Waals surface area contributed by atoms with Gasteiger partial charge in [0, 0.05) is 50.7 Å². The van der Waals surface area contributed by atoms with E-state index < -0.39 is 0 Å². The molecule has 154 valence electrons. The van der Waals surface area contributed by atoms with Crippen LogP contribution in [0.25, 0.3) is 0 Å². The van der Waals surface area contributed by atoms with Crippen molar-refractivity contribution < 1.29 is 0 Å². The molecule has 0 radical (unpaired) electrons. The average Bonchev–Trinajstić information content (AvgIpc) is 3.49. The molecule has 1 fully saturated rings. The zero-order valence-electron chi connectivity index (χ0n) is 17.2. The molecule has 1 unspecified atom stereocenters. The van der Waals surface area contributed by atoms with Crippen LogP contribution in [0.1, 0.15) is 34.4 Å². The first-order chi connectivity index (χ1) is 14.1. The number of nitrogens with zero attached hydrogens (tertiary/aromatic N) is 7. The van der Waals surface area contributed by atoms with Crippen LogP contribution >= 0.6 is 11.3 Å². The van der Waals surface area contributed by atoms with E-state index in [1.807, 2.05) is 36.5 Å². The lowest BCUT2D eigenvalue weighted by Gasteiger charge is -2.22. The van der Waals surface area contributed by atoms with E-state index in [2.05, 4.69) is 49.2 Å². The summed E-state index contributed by atoms with van der Waals surface area (Å²) in [7, 11) is 3.95. The quantitative estimate of drug-likeness (QED) is 0.496. The molecule has 1 N–H and O–H groups in total. The summed E-state index contributed by atoms with van der Waals surface area (Å²) in [4.78, 5) is 8.63. The Morgan fingerprint density at radius 2 is 2.24 bits per heavy atom. The van der Waals surface area contributed by atoms with Crippen molar-refractivity contribution in [3.8, 4) is 0 Å². The molecule has 1 saturated heterocycles. The highest BCUT2D eigenvalue weighted by atomic mass is 32.1. The molecule has 3 aromatic rings. The van der Waals surface area contributed by atoms with Crippen LogP contribution in [0, 0.1) is 6.92 Å². The lowest BCUT2D eigenvalue weighted by molar-refractivity contribution is 0.483. The highest BCUT2D eigenvalue weighted by Gasteiger charge is 2.27. The molecule has 3 aromatic heterocycles. The summed E-state index contributed by atoms with van der Waals surface area (Å²) in [6.45, 7) is 5.29. The highest BCUT2D eigenvalue weighted by Crippen LogP contribution is 2.26. The van der Waals surface area contributed by atoms with Gasteiger partial charge >= 0.3 is 0 Å². The summed E-state index contributed by atoms with van der Waals surface area (Å²) in [6.07, 6.45) is 6.22. The van der Waals surface area contributed by atoms with Gasteiger partial charge in [-0.15, -0.1) is 21.5 Å². The lowest BCUT2D eigenvalue weighted by Crippen LogP contribution is -2.41. The molecule has 0 bridgehead atoms. The summed E-state index contributed by atoms with van der Waals surface area (Å²) in [6, 6.07) is 4.28. The maximum absolute atomic E-state index is 4.89. The number of aryl methyl sites for hydroxylation is 2. The maximum Gasteiger partial charge on any atom is 0.194 e. The van der Waals surface area contributed by atoms with Crippen molar-refractivity contribution in [1.82, 2.24) is 34.8 Å². The Labute approximate surface area is 175 Å². The Morgan fingerprint density at radius 3 is 2.93 bits per heavy atom. The number of aromatic nitrogens is 5. The van der Waals surface area contributed by atoms with Crippen LogP contribution < -0.4 is 5.32 Å². The second-order valence-electron chi connectivity index (χ2n) is 7.50. The summed E-state index contributed by atoms with van der Waals surface area (Å²) < 4.78 is 3.87. The predicted octanol–water partition coefficient (Wildman–Crippen LogP) is 2.10. The number of hydrogen-bond acceptors (Lipinski definition) is 5. The number of guanidine groups is 1. The fourth-order valence-corrected chi connectivity index (χ4v) is 4.34. The topological polar surface area (TPSA) is 76.2 Å². The number of rotatable bonds is 6. The van der Waals surface area contributed by atoms with Crippen molar-refractivity contribution in [2.75, 3.05) is 19.6 Å². The number of hydrogen-bond donors (Lipinski definition) is 1. The van der Waals surface area contributed by atoms with E-state index in [4.69, 9.17) is 4.99 Å². The Hall–Kier alpha value is -2.68. The number of thiophene rings is 1. The summed E-state index contributed by atoms with van der Waals surface area (Å²) in [5.41, 5.74) is 1.30. The predicted molar refractivity (Wildman–Crippen MR) is 115 cm³/mol. The van der Waals surface area contributed by atoms with Crippen LogP contribution in [0.3, 0.4) is 0 Å². The summed E-state index contributed by atoms with van der Waals surface area (Å²) >= 11 is 1.80. The minimum atomic E-state index is 0.491. The molecule has 0 aliphatic carbocycles. The average molecular weight is 413 g/mol. The van der Waals surface area contributed by atoms with Crippen molar-refractivity contribution >= 4 is 17.3 Å². The molecule has 1 aliphatic heterocycles. The molecule has 8 nitrogen and oxygen atoms in total. The normalized spacial score (nSPS) is 17.3. The van der Waals surface area contributed by atoms with E-state index >= 15 is 0 Å². The van der Waals surface area contributed by atoms with Gasteiger partial charge in [0.05, 0.1) is 6.20 Å². The van der Waals surface area contributed by atoms with Gasteiger partial charge in [-0.25, -0.2) is 4.99 Å². The molecule has 0 amide bonds. The third-order valence-electron chi connectivity index (χ3n) is 5.47. The van der Waals surface area contributed by atoms with Crippen LogP contribution in [0.5, 0.6) is 0 Å². The molecular formula is C20H28N8S. The molecule has 4 rings (SSSR count). The molecular weight excluding hydrogens is 384 g/mol. The first kappa shape index (κ1) is 19.6. The van der Waals surface area contributed by atoms with Gasteiger partial charge in [0.2, 0.25) is 0 Å². The molecule has 0 aromatic carbocycles. The van der Waals surface area contributed by atoms with Crippen LogP contribution in [-0.2, 0) is 27.1 Å². The maximum atomic E-state index is 4.89. The van der Waals surface area contributed by atoms with Gasteiger partial charge in [0.15, 0.2) is 11.8 Å². The summed E-state index contributed by atoms with van der Waals surface area (Å²) in [5, 5.41) is 18.4. The van der Waals surface area contributed by atoms with Crippen molar-refractivity contribution in [2.45, 2.75) is 32.2 Å². The third-order valence-corrected chi connectivity index (χ3v) is 6.41. The molecule has 9 heteroatoms. The zero-order chi connectivity index (χ0) is 20.2. The van der Waals surface area contributed by atoms with E-state index in [1.165, 1.54) is 10.4 Å². The summed E-state index contributed by atoms with van der Waals surface area (Å²) in [5.74, 6) is 3.22. The minimum Gasteiger partial charge on any atom is -0.356 e. The first-order valence-corrected chi connectivity index (χ1v) is 10.9. The van der Waals surface area contributed by atoms with Crippen LogP contribution in [0.2, 0.25) is 0 Å². The molecule has 1 atom stereocenters. The second-order valence-corrected chi connectivity index (χ2v) is 8.53. The van der Waals surface area contributed by atoms with Crippen LogP contribution in [-0.4, -0.2) is 55.0 Å². The van der Waals surface area contributed by atoms with E-state index in [0.717, 1.165) is 50.1 Å². The SMILES string of the molecule is Cc1nnc(CN=C(NCCc2cccs2)N2CCC(c3cnn(C)c3)C2)n1C. The second kappa shape index (κ2) is 8.77. The number of nitrogens with one attached hydrogen (secondary N) is 1. The van der Waals surface area contributed by atoms with E-state index in [1.54, 1.807) is 11.3 Å². The smallest absolute Gasteiger partial charge is 0.194 e. The zero-order valence-corrected chi connectivity index (χ0v) is 18.1.